The highest BCUT2D eigenvalue weighted by molar-refractivity contribution is 7.82. The Labute approximate surface area is 342 Å². The first-order valence-electron chi connectivity index (χ1n) is 20.3. The number of hydrogen-bond donors (Lipinski definition) is 2. The smallest absolute Gasteiger partial charge is 0.312 e. The Kier molecular flexibility index (Phi) is 23.2. The van der Waals surface area contributed by atoms with Crippen LogP contribution in [0.1, 0.15) is 122 Å². The van der Waals surface area contributed by atoms with Crippen LogP contribution < -0.4 is 10.6 Å². The summed E-state index contributed by atoms with van der Waals surface area (Å²) < 4.78 is 33.2. The number of esters is 1. The molecule has 1 aromatic carbocycles. The van der Waals surface area contributed by atoms with Crippen molar-refractivity contribution in [3.63, 3.8) is 0 Å². The molecule has 0 radical (unpaired) electrons. The third-order valence-corrected chi connectivity index (χ3v) is 10.7. The molecule has 1 unspecified atom stereocenters. The number of ether oxygens (including phenoxy) is 3. The molecule has 1 aliphatic heterocycles. The first-order chi connectivity index (χ1) is 27.4. The second-order valence-electron chi connectivity index (χ2n) is 14.9. The predicted molar refractivity (Wildman–Crippen MR) is 225 cm³/mol. The van der Waals surface area contributed by atoms with E-state index in [1.54, 1.807) is 43.1 Å². The van der Waals surface area contributed by atoms with Gasteiger partial charge in [0, 0.05) is 70.1 Å². The summed E-state index contributed by atoms with van der Waals surface area (Å²) in [6.45, 7) is 13.6. The van der Waals surface area contributed by atoms with Gasteiger partial charge in [0.05, 0.1) is 29.1 Å². The van der Waals surface area contributed by atoms with E-state index < -0.39 is 17.0 Å². The lowest BCUT2D eigenvalue weighted by atomic mass is 10.0. The van der Waals surface area contributed by atoms with Crippen molar-refractivity contribution in [2.45, 2.75) is 123 Å². The first kappa shape index (κ1) is 49.2. The van der Waals surface area contributed by atoms with Gasteiger partial charge in [-0.1, -0.05) is 79.2 Å². The molecule has 0 saturated carbocycles. The number of pyridine rings is 1. The van der Waals surface area contributed by atoms with Crippen LogP contribution in [0.2, 0.25) is 0 Å². The van der Waals surface area contributed by atoms with Gasteiger partial charge < -0.3 is 29.6 Å². The lowest BCUT2D eigenvalue weighted by Gasteiger charge is -2.30. The monoisotopic (exact) mass is 813 g/mol. The van der Waals surface area contributed by atoms with Crippen LogP contribution in [0.25, 0.3) is 16.6 Å². The molecule has 1 fully saturated rings. The fourth-order valence-electron chi connectivity index (χ4n) is 5.96. The number of nitrogens with zero attached hydrogens (tertiary/aromatic N) is 3. The highest BCUT2D eigenvalue weighted by Gasteiger charge is 2.26. The summed E-state index contributed by atoms with van der Waals surface area (Å²) in [6.07, 6.45) is 14.8. The zero-order valence-electron chi connectivity index (χ0n) is 35.5. The average molecular weight is 814 g/mol. The van der Waals surface area contributed by atoms with Crippen molar-refractivity contribution in [1.29, 1.82) is 0 Å². The van der Waals surface area contributed by atoms with Crippen molar-refractivity contribution < 1.29 is 37.6 Å². The number of aldehydes is 1. The maximum Gasteiger partial charge on any atom is 0.312 e. The van der Waals surface area contributed by atoms with E-state index in [0.717, 1.165) is 80.8 Å². The minimum Gasteiger partial charge on any atom is -0.438 e. The normalized spacial score (nSPS) is 13.8. The minimum absolute atomic E-state index is 0.0256. The summed E-state index contributed by atoms with van der Waals surface area (Å²) in [6, 6.07) is 9.20. The quantitative estimate of drug-likeness (QED) is 0.0527. The van der Waals surface area contributed by atoms with Crippen LogP contribution in [0.3, 0.4) is 0 Å². The molecule has 2 amide bonds. The van der Waals surface area contributed by atoms with E-state index in [1.807, 2.05) is 57.1 Å². The molecular weight excluding hydrogens is 747 g/mol. The molecule has 0 bridgehead atoms. The standard InChI is InChI=1S/C36H51N5O7S.C5H10O.C2H6/c1-27(42)37-17-10-8-6-4-5-7-9-11-18-38-36(44)29-12-13-32(34(23-29)49(45)40-19-15-31(47-3)16-20-40)28-14-21-41-33(22-28)30(25-39-41)24-35(43)48-26-46-2;1-5(2,3)4-6;1-2/h12-14,21-23,25,31H,4-11,15-20,24,26H2,1-3H3,(H,37,42)(H,38,44);4H,1-3H3;1-2H3. The number of amides is 2. The van der Waals surface area contributed by atoms with Gasteiger partial charge in [0.1, 0.15) is 17.3 Å². The summed E-state index contributed by atoms with van der Waals surface area (Å²) in [5, 5.41) is 10.3. The molecule has 2 N–H and O–H groups in total. The fraction of sp³-hybridized carbons (Fsp3) is 0.605. The Bertz CT molecular complexity index is 1700. The lowest BCUT2D eigenvalue weighted by molar-refractivity contribution is -0.153. The fourth-order valence-corrected chi connectivity index (χ4v) is 7.39. The number of nitrogens with one attached hydrogen (secondary N) is 2. The number of methoxy groups -OCH3 is 2. The topological polar surface area (TPSA) is 158 Å². The molecule has 3 heterocycles. The number of benzene rings is 1. The van der Waals surface area contributed by atoms with Crippen molar-refractivity contribution in [3.05, 3.63) is 53.9 Å². The Hall–Kier alpha value is -3.98. The highest BCUT2D eigenvalue weighted by Crippen LogP contribution is 2.31. The molecule has 0 spiro atoms. The van der Waals surface area contributed by atoms with Crippen LogP contribution in [0, 0.1) is 5.41 Å². The van der Waals surface area contributed by atoms with Gasteiger partial charge in [0.25, 0.3) is 5.91 Å². The summed E-state index contributed by atoms with van der Waals surface area (Å²) in [4.78, 5) is 46.9. The molecule has 0 aliphatic carbocycles. The van der Waals surface area contributed by atoms with E-state index in [2.05, 4.69) is 15.7 Å². The Balaban J connectivity index is 0.00000128. The molecule has 1 aliphatic rings. The molecule has 3 aromatic rings. The van der Waals surface area contributed by atoms with Crippen LogP contribution in [0.4, 0.5) is 0 Å². The third kappa shape index (κ3) is 18.0. The number of hydrogen-bond acceptors (Lipinski definition) is 9. The van der Waals surface area contributed by atoms with Crippen LogP contribution in [-0.4, -0.2) is 95.5 Å². The van der Waals surface area contributed by atoms with Crippen molar-refractivity contribution in [1.82, 2.24) is 24.6 Å². The number of piperidine rings is 1. The largest absolute Gasteiger partial charge is 0.438 e. The molecule has 4 rings (SSSR count). The molecule has 13 nitrogen and oxygen atoms in total. The second-order valence-corrected chi connectivity index (χ2v) is 16.3. The predicted octanol–water partition coefficient (Wildman–Crippen LogP) is 7.07. The number of unbranched alkanes of at least 4 members (excludes halogenated alkanes) is 7. The number of aromatic nitrogens is 2. The molecule has 57 heavy (non-hydrogen) atoms. The Morgan fingerprint density at radius 2 is 1.51 bits per heavy atom. The molecule has 14 heteroatoms. The van der Waals surface area contributed by atoms with Gasteiger partial charge >= 0.3 is 5.97 Å². The summed E-state index contributed by atoms with van der Waals surface area (Å²) in [5.41, 5.74) is 3.30. The van der Waals surface area contributed by atoms with Gasteiger partial charge in [-0.05, 0) is 61.1 Å². The van der Waals surface area contributed by atoms with Gasteiger partial charge in [-0.3, -0.25) is 14.4 Å². The molecule has 2 aromatic heterocycles. The van der Waals surface area contributed by atoms with Crippen molar-refractivity contribution in [2.24, 2.45) is 5.41 Å². The number of fused-ring (bicyclic) bond motifs is 1. The molecule has 1 atom stereocenters. The van der Waals surface area contributed by atoms with Crippen molar-refractivity contribution in [2.75, 3.05) is 47.2 Å². The molecule has 1 saturated heterocycles. The van der Waals surface area contributed by atoms with E-state index >= 15 is 0 Å². The van der Waals surface area contributed by atoms with Crippen LogP contribution in [0.15, 0.2) is 47.6 Å². The van der Waals surface area contributed by atoms with Gasteiger partial charge in [-0.25, -0.2) is 13.0 Å². The summed E-state index contributed by atoms with van der Waals surface area (Å²) >= 11 is 0. The zero-order chi connectivity index (χ0) is 42.2. The average Bonchev–Trinajstić information content (AvgIpc) is 3.61. The SMILES string of the molecule is CC.CC(C)(C)C=O.COCOC(=O)Cc1cnn2ccc(-c3ccc(C(=O)NCCCCCCCCCCNC(C)=O)cc3S(=O)N3CCC(OC)CC3)cc12. The van der Waals surface area contributed by atoms with E-state index in [1.165, 1.54) is 20.0 Å². The number of carbonyl (C=O) groups is 4. The summed E-state index contributed by atoms with van der Waals surface area (Å²) in [7, 11) is 1.64. The van der Waals surface area contributed by atoms with Crippen LogP contribution in [0.5, 0.6) is 0 Å². The first-order valence-corrected chi connectivity index (χ1v) is 21.4. The lowest BCUT2D eigenvalue weighted by Crippen LogP contribution is -2.38. The second kappa shape index (κ2) is 26.8. The van der Waals surface area contributed by atoms with Crippen molar-refractivity contribution in [3.8, 4) is 11.1 Å². The van der Waals surface area contributed by atoms with Crippen LogP contribution >= 0.6 is 0 Å². The minimum atomic E-state index is -1.52. The van der Waals surface area contributed by atoms with E-state index in [4.69, 9.17) is 14.2 Å². The zero-order valence-corrected chi connectivity index (χ0v) is 36.3. The molecular formula is C43H67N5O8S. The van der Waals surface area contributed by atoms with Gasteiger partial charge in [-0.15, -0.1) is 0 Å². The maximum atomic E-state index is 14.1. The Morgan fingerprint density at radius 3 is 2.07 bits per heavy atom. The maximum absolute atomic E-state index is 14.1. The number of carbonyl (C=O) groups excluding carboxylic acids is 4. The van der Waals surface area contributed by atoms with E-state index in [0.29, 0.717) is 35.7 Å². The summed E-state index contributed by atoms with van der Waals surface area (Å²) in [5.74, 6) is -0.590. The van der Waals surface area contributed by atoms with Crippen LogP contribution in [-0.2, 0) is 46.0 Å². The number of rotatable bonds is 20. The van der Waals surface area contributed by atoms with E-state index in [-0.39, 0.29) is 36.5 Å². The third-order valence-electron chi connectivity index (χ3n) is 9.10. The van der Waals surface area contributed by atoms with E-state index in [9.17, 15) is 23.4 Å². The van der Waals surface area contributed by atoms with Gasteiger partial charge in [-0.2, -0.15) is 5.10 Å². The highest BCUT2D eigenvalue weighted by atomic mass is 32.2. The van der Waals surface area contributed by atoms with Gasteiger partial charge in [0.15, 0.2) is 6.79 Å². The molecule has 318 valence electrons. The van der Waals surface area contributed by atoms with Crippen molar-refractivity contribution >= 4 is 40.6 Å². The van der Waals surface area contributed by atoms with Gasteiger partial charge in [0.2, 0.25) is 5.91 Å². The Morgan fingerprint density at radius 1 is 0.912 bits per heavy atom.